The van der Waals surface area contributed by atoms with E-state index >= 15 is 0 Å². The maximum Gasteiger partial charge on any atom is 0.348 e. The third-order valence-electron chi connectivity index (χ3n) is 1.67. The Kier molecular flexibility index (Phi) is 3.23. The first kappa shape index (κ1) is 11.8. The molecule has 0 saturated heterocycles. The van der Waals surface area contributed by atoms with Gasteiger partial charge in [0.05, 0.1) is 5.56 Å². The van der Waals surface area contributed by atoms with Gasteiger partial charge >= 0.3 is 11.4 Å². The number of rotatable bonds is 3. The topological polar surface area (TPSA) is 77.0 Å². The van der Waals surface area contributed by atoms with Crippen LogP contribution in [0.2, 0.25) is 0 Å². The monoisotopic (exact) mass is 237 g/mol. The van der Waals surface area contributed by atoms with Gasteiger partial charge in [0, 0.05) is 17.7 Å². The molecule has 0 heterocycles. The van der Waals surface area contributed by atoms with E-state index in [4.69, 9.17) is 16.7 Å². The van der Waals surface area contributed by atoms with Gasteiger partial charge in [-0.25, -0.2) is 4.79 Å². The van der Waals surface area contributed by atoms with Gasteiger partial charge in [-0.15, -0.1) is 0 Å². The van der Waals surface area contributed by atoms with Gasteiger partial charge in [-0.05, 0) is 17.7 Å². The molecule has 0 unspecified atom stereocenters. The van der Waals surface area contributed by atoms with Crippen molar-refractivity contribution >= 4 is 23.3 Å². The lowest BCUT2D eigenvalue weighted by Gasteiger charge is -2.11. The smallest absolute Gasteiger partial charge is 0.348 e. The second-order valence-electron chi connectivity index (χ2n) is 2.76. The van der Waals surface area contributed by atoms with E-state index in [-0.39, 0.29) is 11.2 Å². The molecule has 1 rings (SSSR count). The molecule has 1 aromatic carbocycles. The van der Waals surface area contributed by atoms with Gasteiger partial charge in [0.15, 0.2) is 0 Å². The van der Waals surface area contributed by atoms with Crippen LogP contribution in [0, 0.1) is 5.21 Å². The molecular formula is C8H6ClF2NO3. The molecule has 0 amide bonds. The maximum atomic E-state index is 12.7. The van der Waals surface area contributed by atoms with E-state index in [1.807, 2.05) is 0 Å². The van der Waals surface area contributed by atoms with Gasteiger partial charge in [0.25, 0.3) is 0 Å². The summed E-state index contributed by atoms with van der Waals surface area (Å²) in [5.74, 6) is -1.40. The number of nitrogens with two attached hydrogens (primary N) is 1. The quantitative estimate of drug-likeness (QED) is 0.473. The highest BCUT2D eigenvalue weighted by Gasteiger charge is 2.29. The van der Waals surface area contributed by atoms with Gasteiger partial charge < -0.3 is 15.8 Å². The van der Waals surface area contributed by atoms with Gasteiger partial charge in [-0.3, -0.25) is 0 Å². The lowest BCUT2D eigenvalue weighted by atomic mass is 10.1. The first-order chi connectivity index (χ1) is 6.84. The Hall–Kier alpha value is -1.24. The highest BCUT2D eigenvalue weighted by atomic mass is 35.5. The average molecular weight is 238 g/mol. The van der Waals surface area contributed by atoms with Crippen LogP contribution in [0.4, 0.5) is 14.5 Å². The number of quaternary nitrogens is 1. The molecule has 0 aromatic heterocycles. The zero-order valence-corrected chi connectivity index (χ0v) is 7.96. The Morgan fingerprint density at radius 3 is 2.47 bits per heavy atom. The molecule has 0 aliphatic rings. The summed E-state index contributed by atoms with van der Waals surface area (Å²) >= 11 is 4.72. The van der Waals surface area contributed by atoms with Crippen molar-refractivity contribution in [3.63, 3.8) is 0 Å². The average Bonchev–Trinajstić information content (AvgIpc) is 2.15. The van der Waals surface area contributed by atoms with Crippen LogP contribution in [-0.4, -0.2) is 11.1 Å². The molecule has 0 saturated carbocycles. The molecule has 0 aliphatic carbocycles. The van der Waals surface area contributed by atoms with Gasteiger partial charge in [-0.2, -0.15) is 8.78 Å². The van der Waals surface area contributed by atoms with Gasteiger partial charge in [-0.1, -0.05) is 0 Å². The number of hydrogen-bond acceptors (Lipinski definition) is 2. The zero-order chi connectivity index (χ0) is 11.6. The highest BCUT2D eigenvalue weighted by molar-refractivity contribution is 6.21. The van der Waals surface area contributed by atoms with Crippen LogP contribution in [0.5, 0.6) is 0 Å². The van der Waals surface area contributed by atoms with E-state index in [1.165, 1.54) is 0 Å². The predicted molar refractivity (Wildman–Crippen MR) is 48.1 cm³/mol. The summed E-state index contributed by atoms with van der Waals surface area (Å²) in [5, 5.41) is 15.3. The first-order valence-corrected chi connectivity index (χ1v) is 4.13. The summed E-state index contributed by atoms with van der Waals surface area (Å²) in [5.41, 5.74) is -1.01. The molecule has 1 aromatic rings. The number of halogens is 3. The largest absolute Gasteiger partial charge is 0.630 e. The van der Waals surface area contributed by atoms with Crippen LogP contribution in [0.15, 0.2) is 18.2 Å². The molecular weight excluding hydrogens is 232 g/mol. The molecule has 0 fully saturated rings. The molecule has 0 bridgehead atoms. The van der Waals surface area contributed by atoms with Crippen molar-refractivity contribution in [3.8, 4) is 0 Å². The van der Waals surface area contributed by atoms with E-state index in [1.54, 1.807) is 0 Å². The first-order valence-electron chi connectivity index (χ1n) is 3.75. The predicted octanol–water partition coefficient (Wildman–Crippen LogP) is 1.37. The second kappa shape index (κ2) is 4.09. The summed E-state index contributed by atoms with van der Waals surface area (Å²) in [4.78, 5) is 10.5. The molecule has 0 spiro atoms. The maximum absolute atomic E-state index is 12.7. The summed E-state index contributed by atoms with van der Waals surface area (Å²) in [6.45, 7) is 0. The van der Waals surface area contributed by atoms with Gasteiger partial charge in [0.2, 0.25) is 0 Å². The number of hydrogen-bond donors (Lipinski definition) is 2. The standard InChI is InChI=1S/C8H6ClF2NO3/c9-8(10,11)5-1-4(7(13)14)2-6(3-5)12-15/h1-3H,12H2,(H,13,14). The molecule has 15 heavy (non-hydrogen) atoms. The van der Waals surface area contributed by atoms with E-state index in [0.717, 1.165) is 18.2 Å². The lowest BCUT2D eigenvalue weighted by Crippen LogP contribution is -2.70. The fraction of sp³-hybridized carbons (Fsp3) is 0.125. The van der Waals surface area contributed by atoms with Crippen LogP contribution in [0.25, 0.3) is 0 Å². The Balaban J connectivity index is 3.30. The fourth-order valence-corrected chi connectivity index (χ4v) is 1.12. The molecule has 0 radical (unpaired) electrons. The van der Waals surface area contributed by atoms with E-state index in [9.17, 15) is 18.8 Å². The van der Waals surface area contributed by atoms with Crippen molar-refractivity contribution in [2.45, 2.75) is 5.38 Å². The number of carboxylic acid groups (broad SMARTS) is 1. The minimum atomic E-state index is -3.69. The summed E-state index contributed by atoms with van der Waals surface area (Å²) in [7, 11) is 0. The molecule has 4 nitrogen and oxygen atoms in total. The lowest BCUT2D eigenvalue weighted by molar-refractivity contribution is -0.497. The van der Waals surface area contributed by atoms with E-state index < -0.39 is 22.5 Å². The number of aromatic carboxylic acids is 1. The number of carbonyl (C=O) groups is 1. The van der Waals surface area contributed by atoms with E-state index in [0.29, 0.717) is 0 Å². The van der Waals surface area contributed by atoms with Crippen molar-refractivity contribution in [1.29, 1.82) is 0 Å². The number of carboxylic acids is 1. The minimum Gasteiger partial charge on any atom is -0.630 e. The summed E-state index contributed by atoms with van der Waals surface area (Å²) < 4.78 is 25.3. The summed E-state index contributed by atoms with van der Waals surface area (Å²) in [6, 6.07) is 2.55. The zero-order valence-electron chi connectivity index (χ0n) is 7.21. The minimum absolute atomic E-state index is 0.162. The van der Waals surface area contributed by atoms with Crippen LogP contribution in [0.1, 0.15) is 15.9 Å². The van der Waals surface area contributed by atoms with Crippen molar-refractivity contribution in [1.82, 2.24) is 0 Å². The van der Waals surface area contributed by atoms with Crippen molar-refractivity contribution < 1.29 is 24.2 Å². The Morgan fingerprint density at radius 2 is 2.07 bits per heavy atom. The van der Waals surface area contributed by atoms with E-state index in [2.05, 4.69) is 0 Å². The highest BCUT2D eigenvalue weighted by Crippen LogP contribution is 2.33. The molecule has 0 atom stereocenters. The third-order valence-corrected chi connectivity index (χ3v) is 1.88. The normalized spacial score (nSPS) is 11.5. The fourth-order valence-electron chi connectivity index (χ4n) is 1.01. The van der Waals surface area contributed by atoms with Crippen molar-refractivity contribution in [2.75, 3.05) is 0 Å². The SMILES string of the molecule is O=C(O)c1cc([NH2+][O-])cc(C(F)(F)Cl)c1. The Morgan fingerprint density at radius 1 is 1.47 bits per heavy atom. The van der Waals surface area contributed by atoms with Crippen LogP contribution in [-0.2, 0) is 5.38 Å². The second-order valence-corrected chi connectivity index (χ2v) is 3.24. The molecule has 3 N–H and O–H groups in total. The Bertz CT molecular complexity index is 392. The van der Waals surface area contributed by atoms with Crippen molar-refractivity contribution in [3.05, 3.63) is 34.5 Å². The van der Waals surface area contributed by atoms with Crippen LogP contribution < -0.4 is 5.48 Å². The molecule has 7 heteroatoms. The molecule has 82 valence electrons. The third kappa shape index (κ3) is 2.85. The Labute approximate surface area is 88.0 Å². The van der Waals surface area contributed by atoms with Crippen LogP contribution in [0.3, 0.4) is 0 Å². The number of benzene rings is 1. The van der Waals surface area contributed by atoms with Crippen LogP contribution >= 0.6 is 11.6 Å². The van der Waals surface area contributed by atoms with Gasteiger partial charge in [0.1, 0.15) is 5.69 Å². The summed E-state index contributed by atoms with van der Waals surface area (Å²) in [6.07, 6.45) is 0. The van der Waals surface area contributed by atoms with Crippen molar-refractivity contribution in [2.24, 2.45) is 0 Å². The number of alkyl halides is 3. The molecule has 0 aliphatic heterocycles.